The maximum absolute atomic E-state index is 12.2. The molecular formula is C15H17N5O4S2. The van der Waals surface area contributed by atoms with Crippen LogP contribution in [0.15, 0.2) is 4.79 Å². The number of amides is 4. The summed E-state index contributed by atoms with van der Waals surface area (Å²) in [4.78, 5) is 55.9. The summed E-state index contributed by atoms with van der Waals surface area (Å²) in [7, 11) is 0. The van der Waals surface area contributed by atoms with Crippen molar-refractivity contribution in [1.29, 1.82) is 0 Å². The first-order valence-electron chi connectivity index (χ1n) is 7.78. The standard InChI is InChI=1S/C15H17N5O4S2/c1-6-7(2)26-14-11(6)13(23)16-9(17-14)5-25-8(3)12(22)19-20-4-10(21)18-15(20)24/h8H,4-5H2,1-3H3,(H,19,22)(H,16,17,23)(H,18,21,24)/t8-/m0/s1. The van der Waals surface area contributed by atoms with Crippen molar-refractivity contribution in [3.05, 3.63) is 26.6 Å². The Bertz CT molecular complexity index is 967. The van der Waals surface area contributed by atoms with Gasteiger partial charge in [0.05, 0.1) is 16.4 Å². The van der Waals surface area contributed by atoms with Crippen molar-refractivity contribution in [2.45, 2.75) is 31.8 Å². The number of urea groups is 1. The van der Waals surface area contributed by atoms with Crippen molar-refractivity contribution >= 4 is 51.2 Å². The van der Waals surface area contributed by atoms with Crippen LogP contribution >= 0.6 is 23.1 Å². The second-order valence-corrected chi connectivity index (χ2v) is 8.38. The van der Waals surface area contributed by atoms with E-state index in [4.69, 9.17) is 0 Å². The topological polar surface area (TPSA) is 124 Å². The van der Waals surface area contributed by atoms with Gasteiger partial charge in [-0.25, -0.2) is 14.8 Å². The molecule has 1 fully saturated rings. The number of thioether (sulfide) groups is 1. The fraction of sp³-hybridized carbons (Fsp3) is 0.400. The third-order valence-corrected chi connectivity index (χ3v) is 6.22. The number of hydrogen-bond acceptors (Lipinski definition) is 7. The molecule has 1 saturated heterocycles. The molecule has 1 atom stereocenters. The van der Waals surface area contributed by atoms with Gasteiger partial charge in [0.15, 0.2) is 0 Å². The van der Waals surface area contributed by atoms with Crippen molar-refractivity contribution in [3.8, 4) is 0 Å². The van der Waals surface area contributed by atoms with Crippen molar-refractivity contribution in [1.82, 2.24) is 25.7 Å². The minimum Gasteiger partial charge on any atom is -0.309 e. The Morgan fingerprint density at radius 1 is 1.38 bits per heavy atom. The number of hydrazine groups is 1. The molecule has 3 rings (SSSR count). The number of carbonyl (C=O) groups is 3. The van der Waals surface area contributed by atoms with Crippen LogP contribution in [0.2, 0.25) is 0 Å². The van der Waals surface area contributed by atoms with Crippen molar-refractivity contribution in [2.75, 3.05) is 6.54 Å². The lowest BCUT2D eigenvalue weighted by molar-refractivity contribution is -0.124. The number of imide groups is 1. The van der Waals surface area contributed by atoms with Crippen LogP contribution in [0.3, 0.4) is 0 Å². The number of nitrogens with zero attached hydrogens (tertiary/aromatic N) is 2. The Kier molecular flexibility index (Phi) is 5.01. The Balaban J connectivity index is 1.64. The number of aryl methyl sites for hydroxylation is 2. The largest absolute Gasteiger partial charge is 0.343 e. The minimum absolute atomic E-state index is 0.184. The van der Waals surface area contributed by atoms with E-state index in [9.17, 15) is 19.2 Å². The molecule has 138 valence electrons. The number of thiophene rings is 1. The van der Waals surface area contributed by atoms with Gasteiger partial charge in [-0.15, -0.1) is 23.1 Å². The highest BCUT2D eigenvalue weighted by Crippen LogP contribution is 2.26. The lowest BCUT2D eigenvalue weighted by atomic mass is 10.2. The van der Waals surface area contributed by atoms with Gasteiger partial charge in [-0.3, -0.25) is 25.1 Å². The van der Waals surface area contributed by atoms with Crippen LogP contribution in [0.5, 0.6) is 0 Å². The van der Waals surface area contributed by atoms with Crippen LogP contribution in [0.4, 0.5) is 4.79 Å². The highest BCUT2D eigenvalue weighted by Gasteiger charge is 2.29. The molecular weight excluding hydrogens is 378 g/mol. The monoisotopic (exact) mass is 395 g/mol. The normalized spacial score (nSPS) is 15.4. The quantitative estimate of drug-likeness (QED) is 0.644. The van der Waals surface area contributed by atoms with Crippen LogP contribution in [-0.4, -0.2) is 44.6 Å². The van der Waals surface area contributed by atoms with E-state index in [-0.39, 0.29) is 12.1 Å². The average molecular weight is 395 g/mol. The molecule has 4 amide bonds. The molecule has 11 heteroatoms. The molecule has 3 N–H and O–H groups in total. The van der Waals surface area contributed by atoms with Gasteiger partial charge in [-0.2, -0.15) is 0 Å². The summed E-state index contributed by atoms with van der Waals surface area (Å²) in [6.07, 6.45) is 0. The maximum Gasteiger partial charge on any atom is 0.343 e. The predicted octanol–water partition coefficient (Wildman–Crippen LogP) is 0.806. The summed E-state index contributed by atoms with van der Waals surface area (Å²) < 4.78 is 0. The zero-order valence-electron chi connectivity index (χ0n) is 14.3. The van der Waals surface area contributed by atoms with E-state index >= 15 is 0 Å². The summed E-state index contributed by atoms with van der Waals surface area (Å²) in [5, 5.41) is 3.11. The Hall–Kier alpha value is -2.40. The molecule has 1 aliphatic rings. The summed E-state index contributed by atoms with van der Waals surface area (Å²) in [6, 6.07) is -0.652. The third-order valence-electron chi connectivity index (χ3n) is 3.97. The Labute approximate surface area is 156 Å². The van der Waals surface area contributed by atoms with Gasteiger partial charge in [0.25, 0.3) is 11.5 Å². The van der Waals surface area contributed by atoms with E-state index in [1.165, 1.54) is 23.1 Å². The van der Waals surface area contributed by atoms with Gasteiger partial charge in [0, 0.05) is 4.88 Å². The van der Waals surface area contributed by atoms with Crippen molar-refractivity contribution in [3.63, 3.8) is 0 Å². The zero-order chi connectivity index (χ0) is 19.0. The minimum atomic E-state index is -0.652. The summed E-state index contributed by atoms with van der Waals surface area (Å²) in [6.45, 7) is 5.31. The smallest absolute Gasteiger partial charge is 0.309 e. The number of H-pyrrole nitrogens is 1. The summed E-state index contributed by atoms with van der Waals surface area (Å²) in [5.74, 6) is -0.0539. The maximum atomic E-state index is 12.2. The number of carbonyl (C=O) groups excluding carboxylic acids is 3. The lowest BCUT2D eigenvalue weighted by Crippen LogP contribution is -2.47. The van der Waals surface area contributed by atoms with E-state index in [2.05, 4.69) is 20.7 Å². The highest BCUT2D eigenvalue weighted by atomic mass is 32.2. The average Bonchev–Trinajstić information content (AvgIpc) is 3.03. The molecule has 3 heterocycles. The number of aromatic nitrogens is 2. The van der Waals surface area contributed by atoms with Gasteiger partial charge in [0.1, 0.15) is 17.2 Å². The number of nitrogens with one attached hydrogen (secondary N) is 3. The number of rotatable bonds is 5. The van der Waals surface area contributed by atoms with Gasteiger partial charge >= 0.3 is 6.03 Å². The second kappa shape index (κ2) is 7.08. The molecule has 26 heavy (non-hydrogen) atoms. The fourth-order valence-electron chi connectivity index (χ4n) is 2.40. The second-order valence-electron chi connectivity index (χ2n) is 5.84. The fourth-order valence-corrected chi connectivity index (χ4v) is 4.20. The first-order valence-corrected chi connectivity index (χ1v) is 9.65. The van der Waals surface area contributed by atoms with Crippen LogP contribution in [0.1, 0.15) is 23.2 Å². The van der Waals surface area contributed by atoms with Crippen LogP contribution in [0.25, 0.3) is 10.2 Å². The SMILES string of the molecule is Cc1sc2nc(CS[C@@H](C)C(=O)NN3CC(=O)NC3=O)[nH]c(=O)c2c1C. The molecule has 2 aromatic heterocycles. The van der Waals surface area contributed by atoms with E-state index in [0.717, 1.165) is 15.4 Å². The highest BCUT2D eigenvalue weighted by molar-refractivity contribution is 7.99. The summed E-state index contributed by atoms with van der Waals surface area (Å²) >= 11 is 2.73. The molecule has 0 radical (unpaired) electrons. The Morgan fingerprint density at radius 3 is 2.77 bits per heavy atom. The molecule has 0 aromatic carbocycles. The molecule has 0 saturated carbocycles. The van der Waals surface area contributed by atoms with Gasteiger partial charge in [-0.1, -0.05) is 0 Å². The molecule has 0 spiro atoms. The molecule has 9 nitrogen and oxygen atoms in total. The Morgan fingerprint density at radius 2 is 2.12 bits per heavy atom. The van der Waals surface area contributed by atoms with E-state index in [1.807, 2.05) is 13.8 Å². The lowest BCUT2D eigenvalue weighted by Gasteiger charge is -2.17. The predicted molar refractivity (Wildman–Crippen MR) is 98.9 cm³/mol. The van der Waals surface area contributed by atoms with E-state index in [0.29, 0.717) is 21.8 Å². The zero-order valence-corrected chi connectivity index (χ0v) is 16.0. The number of fused-ring (bicyclic) bond motifs is 1. The van der Waals surface area contributed by atoms with E-state index < -0.39 is 23.1 Å². The first-order chi connectivity index (χ1) is 12.3. The van der Waals surface area contributed by atoms with Crippen LogP contribution in [0, 0.1) is 13.8 Å². The van der Waals surface area contributed by atoms with Gasteiger partial charge < -0.3 is 4.98 Å². The molecule has 1 aliphatic heterocycles. The number of hydrogen-bond donors (Lipinski definition) is 3. The van der Waals surface area contributed by atoms with Crippen LogP contribution < -0.4 is 16.3 Å². The number of aromatic amines is 1. The molecule has 0 aliphatic carbocycles. The summed E-state index contributed by atoms with van der Waals surface area (Å²) in [5.41, 5.74) is 3.15. The van der Waals surface area contributed by atoms with Crippen LogP contribution in [-0.2, 0) is 15.3 Å². The third kappa shape index (κ3) is 3.58. The van der Waals surface area contributed by atoms with E-state index in [1.54, 1.807) is 6.92 Å². The molecule has 0 bridgehead atoms. The van der Waals surface area contributed by atoms with Crippen molar-refractivity contribution in [2.24, 2.45) is 0 Å². The van der Waals surface area contributed by atoms with Gasteiger partial charge in [-0.05, 0) is 26.3 Å². The van der Waals surface area contributed by atoms with Crippen molar-refractivity contribution < 1.29 is 14.4 Å². The van der Waals surface area contributed by atoms with Gasteiger partial charge in [0.2, 0.25) is 5.91 Å². The molecule has 0 unspecified atom stereocenters. The molecule has 2 aromatic rings. The first kappa shape index (κ1) is 18.4.